The van der Waals surface area contributed by atoms with Crippen molar-refractivity contribution in [1.29, 1.82) is 0 Å². The molecule has 0 saturated heterocycles. The Balaban J connectivity index is -0.0000000483. The van der Waals surface area contributed by atoms with E-state index in [-0.39, 0.29) is 13.2 Å². The molecule has 0 rings (SSSR count). The Morgan fingerprint density at radius 3 is 1.12 bits per heavy atom. The molecule has 0 saturated carbocycles. The van der Waals surface area contributed by atoms with Crippen molar-refractivity contribution in [2.75, 3.05) is 13.2 Å². The Morgan fingerprint density at radius 1 is 1.12 bits per heavy atom. The Bertz CT molecular complexity index is 16.0. The van der Waals surface area contributed by atoms with Gasteiger partial charge in [-0.25, -0.2) is 0 Å². The summed E-state index contributed by atoms with van der Waals surface area (Å²) in [5.74, 6) is 0. The van der Waals surface area contributed by atoms with Crippen LogP contribution in [0.1, 0.15) is 13.8 Å². The van der Waals surface area contributed by atoms with Gasteiger partial charge in [-0.2, -0.15) is 0 Å². The van der Waals surface area contributed by atoms with Crippen molar-refractivity contribution in [2.45, 2.75) is 13.8 Å². The summed E-state index contributed by atoms with van der Waals surface area (Å²) >= 11 is 1.47. The maximum absolute atomic E-state index is 7.57. The molecule has 0 spiro atoms. The molecule has 4 heteroatoms. The quantitative estimate of drug-likeness (QED) is 0.532. The van der Waals surface area contributed by atoms with Crippen LogP contribution in [0.3, 0.4) is 0 Å². The fourth-order valence-electron chi connectivity index (χ4n) is 0. The van der Waals surface area contributed by atoms with Crippen molar-refractivity contribution in [3.8, 4) is 0 Å². The van der Waals surface area contributed by atoms with Gasteiger partial charge in [0.05, 0.1) is 0 Å². The Hall–Kier alpha value is 0.924. The molecule has 2 N–H and O–H groups in total. The summed E-state index contributed by atoms with van der Waals surface area (Å²) < 4.78 is 0. The van der Waals surface area contributed by atoms with E-state index in [1.54, 1.807) is 13.8 Å². The van der Waals surface area contributed by atoms with Gasteiger partial charge in [-0.15, -0.1) is 0 Å². The fourth-order valence-corrected chi connectivity index (χ4v) is 0. The summed E-state index contributed by atoms with van der Waals surface area (Å²) in [6.07, 6.45) is 0. The van der Waals surface area contributed by atoms with Gasteiger partial charge in [0.2, 0.25) is 0 Å². The van der Waals surface area contributed by atoms with E-state index in [0.717, 1.165) is 0 Å². The first kappa shape index (κ1) is 16.0. The molecule has 0 aromatic heterocycles. The first-order valence-electron chi connectivity index (χ1n) is 2.24. The van der Waals surface area contributed by atoms with Crippen molar-refractivity contribution in [2.24, 2.45) is 0 Å². The zero-order valence-electron chi connectivity index (χ0n) is 5.19. The molecule has 0 heterocycles. The van der Waals surface area contributed by atoms with Crippen molar-refractivity contribution >= 4 is 9.30 Å². The van der Waals surface area contributed by atoms with Crippen LogP contribution >= 0.6 is 9.30 Å². The van der Waals surface area contributed by atoms with Gasteiger partial charge in [0.25, 0.3) is 0 Å². The fraction of sp³-hybridized carbons (Fsp3) is 1.00. The molecule has 0 amide bonds. The maximum atomic E-state index is 7.57. The van der Waals surface area contributed by atoms with E-state index in [1.807, 2.05) is 0 Å². The van der Waals surface area contributed by atoms with Gasteiger partial charge in [-0.3, -0.25) is 0 Å². The van der Waals surface area contributed by atoms with Crippen LogP contribution < -0.4 is 0 Å². The van der Waals surface area contributed by atoms with Crippen molar-refractivity contribution < 1.29 is 29.6 Å². The minimum absolute atomic E-state index is 0.250. The zero-order valence-corrected chi connectivity index (χ0v) is 7.50. The van der Waals surface area contributed by atoms with Gasteiger partial charge in [0.15, 0.2) is 0 Å². The molecule has 0 bridgehead atoms. The molecule has 0 aliphatic heterocycles. The van der Waals surface area contributed by atoms with Crippen LogP contribution in [-0.4, -0.2) is 23.4 Å². The second-order valence-corrected chi connectivity index (χ2v) is 0.632. The molecule has 0 aromatic rings. The van der Waals surface area contributed by atoms with Gasteiger partial charge >= 0.3 is 28.7 Å². The van der Waals surface area contributed by atoms with Crippen LogP contribution in [0.5, 0.6) is 0 Å². The van der Waals surface area contributed by atoms with E-state index in [2.05, 4.69) is 9.30 Å². The SMILES string of the molecule is CCO.CCO.[Cl][Ti+3]. The van der Waals surface area contributed by atoms with Crippen molar-refractivity contribution in [3.63, 3.8) is 0 Å². The molecule has 0 unspecified atom stereocenters. The third-order valence-electron chi connectivity index (χ3n) is 0. The molecule has 0 atom stereocenters. The molecule has 2 nitrogen and oxygen atoms in total. The number of aliphatic hydroxyl groups excluding tert-OH is 2. The molecule has 0 aromatic carbocycles. The van der Waals surface area contributed by atoms with Crippen LogP contribution in [0.25, 0.3) is 0 Å². The summed E-state index contributed by atoms with van der Waals surface area (Å²) in [6, 6.07) is 0. The Morgan fingerprint density at radius 2 is 1.12 bits per heavy atom. The summed E-state index contributed by atoms with van der Waals surface area (Å²) in [5, 5.41) is 15.1. The summed E-state index contributed by atoms with van der Waals surface area (Å²) in [5.41, 5.74) is 0. The van der Waals surface area contributed by atoms with E-state index < -0.39 is 0 Å². The normalized spacial score (nSPS) is 5.38. The average molecular weight is 175 g/mol. The van der Waals surface area contributed by atoms with Crippen LogP contribution in [0.4, 0.5) is 0 Å². The third kappa shape index (κ3) is 284. The van der Waals surface area contributed by atoms with Gasteiger partial charge in [-0.05, 0) is 13.8 Å². The molecular formula is C4H12ClO2Ti+3. The van der Waals surface area contributed by atoms with E-state index in [1.165, 1.54) is 19.4 Å². The monoisotopic (exact) mass is 175 g/mol. The first-order valence-corrected chi connectivity index (χ1v) is 4.38. The topological polar surface area (TPSA) is 40.5 Å². The summed E-state index contributed by atoms with van der Waals surface area (Å²) in [7, 11) is 4.64. The van der Waals surface area contributed by atoms with E-state index in [4.69, 9.17) is 10.2 Å². The number of rotatable bonds is 0. The predicted molar refractivity (Wildman–Crippen MR) is 31.4 cm³/mol. The zero-order chi connectivity index (χ0) is 7.41. The molecule has 48 valence electrons. The summed E-state index contributed by atoms with van der Waals surface area (Å²) in [4.78, 5) is 0. The van der Waals surface area contributed by atoms with Crippen LogP contribution in [0, 0.1) is 0 Å². The van der Waals surface area contributed by atoms with Crippen LogP contribution in [0.15, 0.2) is 0 Å². The number of aliphatic hydroxyl groups is 2. The Labute approximate surface area is 66.1 Å². The number of halogens is 1. The number of hydrogen-bond donors (Lipinski definition) is 2. The van der Waals surface area contributed by atoms with Crippen molar-refractivity contribution in [3.05, 3.63) is 0 Å². The Kier molecular flexibility index (Phi) is 88.7. The van der Waals surface area contributed by atoms with Gasteiger partial charge in [-0.1, -0.05) is 0 Å². The van der Waals surface area contributed by atoms with Crippen LogP contribution in [0.2, 0.25) is 0 Å². The standard InChI is InChI=1S/2C2H6O.ClH.Ti/c2*1-2-3;;/h2*3H,2H2,1H3;1H;/q;;;+4/p-1. The average Bonchev–Trinajstić information content (AvgIpc) is 1.75. The van der Waals surface area contributed by atoms with Crippen LogP contribution in [-0.2, 0) is 19.4 Å². The second-order valence-electron chi connectivity index (χ2n) is 0.632. The molecule has 8 heavy (non-hydrogen) atoms. The summed E-state index contributed by atoms with van der Waals surface area (Å²) in [6.45, 7) is 3.86. The molecule has 0 radical (unpaired) electrons. The number of hydrogen-bond acceptors (Lipinski definition) is 2. The van der Waals surface area contributed by atoms with Crippen molar-refractivity contribution in [1.82, 2.24) is 0 Å². The molecule has 0 aliphatic carbocycles. The third-order valence-corrected chi connectivity index (χ3v) is 0. The van der Waals surface area contributed by atoms with Gasteiger partial charge in [0.1, 0.15) is 0 Å². The first-order chi connectivity index (χ1) is 3.83. The minimum atomic E-state index is 0.250. The van der Waals surface area contributed by atoms with Gasteiger partial charge < -0.3 is 10.2 Å². The van der Waals surface area contributed by atoms with E-state index >= 15 is 0 Å². The van der Waals surface area contributed by atoms with Gasteiger partial charge in [0, 0.05) is 13.2 Å². The predicted octanol–water partition coefficient (Wildman–Crippen LogP) is 0.684. The molecular weight excluding hydrogens is 163 g/mol. The van der Waals surface area contributed by atoms with E-state index in [0.29, 0.717) is 0 Å². The molecule has 0 aliphatic rings. The van der Waals surface area contributed by atoms with E-state index in [9.17, 15) is 0 Å². The molecule has 0 fully saturated rings. The second kappa shape index (κ2) is 44.4.